The zero-order valence-corrected chi connectivity index (χ0v) is 15.1. The summed E-state index contributed by atoms with van der Waals surface area (Å²) in [6.45, 7) is 2.03. The van der Waals surface area contributed by atoms with Crippen LogP contribution in [0.1, 0.15) is 16.9 Å². The van der Waals surface area contributed by atoms with Gasteiger partial charge < -0.3 is 14.3 Å². The van der Waals surface area contributed by atoms with Gasteiger partial charge in [0.15, 0.2) is 11.5 Å². The van der Waals surface area contributed by atoms with E-state index in [0.717, 1.165) is 22.6 Å². The molecule has 3 aromatic carbocycles. The van der Waals surface area contributed by atoms with Crippen LogP contribution in [0.25, 0.3) is 11.0 Å². The van der Waals surface area contributed by atoms with Gasteiger partial charge in [-0.05, 0) is 43.3 Å². The largest absolute Gasteiger partial charge is 0.504 e. The highest BCUT2D eigenvalue weighted by Crippen LogP contribution is 2.34. The summed E-state index contributed by atoms with van der Waals surface area (Å²) in [4.78, 5) is 4.77. The number of hydrogen-bond acceptors (Lipinski definition) is 4. The Kier molecular flexibility index (Phi) is 4.38. The van der Waals surface area contributed by atoms with E-state index in [1.54, 1.807) is 7.11 Å². The normalized spacial score (nSPS) is 11.7. The number of methoxy groups -OCH3 is 1. The molecule has 4 rings (SSSR count). The molecule has 0 unspecified atom stereocenters. The van der Waals surface area contributed by atoms with Crippen molar-refractivity contribution in [2.75, 3.05) is 7.11 Å². The lowest BCUT2D eigenvalue weighted by Gasteiger charge is -2.07. The quantitative estimate of drug-likeness (QED) is 0.482. The molecule has 4 aromatic rings. The van der Waals surface area contributed by atoms with Gasteiger partial charge in [-0.2, -0.15) is 0 Å². The molecule has 0 atom stereocenters. The molecule has 0 saturated heterocycles. The third-order valence-corrected chi connectivity index (χ3v) is 4.42. The number of nitrogens with zero attached hydrogens (tertiary/aromatic N) is 1. The molecule has 0 radical (unpaired) electrons. The van der Waals surface area contributed by atoms with Gasteiger partial charge in [-0.3, -0.25) is 0 Å². The summed E-state index contributed by atoms with van der Waals surface area (Å²) in [6, 6.07) is 22.8. The summed E-state index contributed by atoms with van der Waals surface area (Å²) >= 11 is 0. The number of hydrogen-bond donors (Lipinski definition) is 1. The molecule has 0 fully saturated rings. The van der Waals surface area contributed by atoms with E-state index in [1.165, 1.54) is 0 Å². The van der Waals surface area contributed by atoms with E-state index in [0.29, 0.717) is 22.4 Å². The first-order valence-corrected chi connectivity index (χ1v) is 8.66. The maximum Gasteiger partial charge on any atom is 0.196 e. The molecular formula is C23H19NO3. The SMILES string of the molecule is COc1ccc(N=C(c2ccc(C)cc2)c2oc3ccccc3c2O)cc1. The van der Waals surface area contributed by atoms with Gasteiger partial charge in [0.05, 0.1) is 18.2 Å². The third-order valence-electron chi connectivity index (χ3n) is 4.42. The summed E-state index contributed by atoms with van der Waals surface area (Å²) < 4.78 is 11.2. The highest BCUT2D eigenvalue weighted by Gasteiger charge is 2.20. The Bertz CT molecular complexity index is 1110. The molecule has 27 heavy (non-hydrogen) atoms. The van der Waals surface area contributed by atoms with Crippen LogP contribution in [0, 0.1) is 6.92 Å². The van der Waals surface area contributed by atoms with Crippen molar-refractivity contribution in [2.45, 2.75) is 6.92 Å². The first-order chi connectivity index (χ1) is 13.2. The summed E-state index contributed by atoms with van der Waals surface area (Å²) in [6.07, 6.45) is 0. The zero-order chi connectivity index (χ0) is 18.8. The lowest BCUT2D eigenvalue weighted by molar-refractivity contribution is 0.415. The average molecular weight is 357 g/mol. The average Bonchev–Trinajstić information content (AvgIpc) is 3.04. The van der Waals surface area contributed by atoms with Crippen molar-refractivity contribution >= 4 is 22.4 Å². The molecule has 0 aliphatic heterocycles. The van der Waals surface area contributed by atoms with Crippen LogP contribution in [-0.2, 0) is 0 Å². The number of aryl methyl sites for hydroxylation is 1. The summed E-state index contributed by atoms with van der Waals surface area (Å²) in [5.41, 5.74) is 3.96. The molecular weight excluding hydrogens is 338 g/mol. The molecule has 1 heterocycles. The monoisotopic (exact) mass is 357 g/mol. The number of benzene rings is 3. The van der Waals surface area contributed by atoms with Gasteiger partial charge in [0.1, 0.15) is 17.0 Å². The second kappa shape index (κ2) is 7.00. The topological polar surface area (TPSA) is 55.0 Å². The number of ether oxygens (including phenoxy) is 1. The fourth-order valence-corrected chi connectivity index (χ4v) is 2.94. The zero-order valence-electron chi connectivity index (χ0n) is 15.1. The van der Waals surface area contributed by atoms with Gasteiger partial charge in [0.2, 0.25) is 0 Å². The minimum atomic E-state index is 0.0958. The maximum atomic E-state index is 10.7. The molecule has 1 aromatic heterocycles. The lowest BCUT2D eigenvalue weighted by Crippen LogP contribution is -2.02. The molecule has 0 spiro atoms. The van der Waals surface area contributed by atoms with Crippen molar-refractivity contribution in [1.29, 1.82) is 0 Å². The number of para-hydroxylation sites is 1. The van der Waals surface area contributed by atoms with Gasteiger partial charge in [0, 0.05) is 5.56 Å². The number of aromatic hydroxyl groups is 1. The minimum absolute atomic E-state index is 0.0958. The number of rotatable bonds is 4. The minimum Gasteiger partial charge on any atom is -0.504 e. The Hall–Kier alpha value is -3.53. The van der Waals surface area contributed by atoms with E-state index in [2.05, 4.69) is 0 Å². The van der Waals surface area contributed by atoms with Gasteiger partial charge in [0.25, 0.3) is 0 Å². The van der Waals surface area contributed by atoms with E-state index in [1.807, 2.05) is 79.7 Å². The van der Waals surface area contributed by atoms with Crippen molar-refractivity contribution in [1.82, 2.24) is 0 Å². The van der Waals surface area contributed by atoms with Crippen LogP contribution in [0.2, 0.25) is 0 Å². The van der Waals surface area contributed by atoms with Gasteiger partial charge in [-0.15, -0.1) is 0 Å². The van der Waals surface area contributed by atoms with E-state index in [9.17, 15) is 5.11 Å². The smallest absolute Gasteiger partial charge is 0.196 e. The summed E-state index contributed by atoms with van der Waals surface area (Å²) in [5.74, 6) is 1.21. The van der Waals surface area contributed by atoms with Crippen molar-refractivity contribution in [3.8, 4) is 11.5 Å². The number of furan rings is 1. The molecule has 0 aliphatic rings. The van der Waals surface area contributed by atoms with Crippen LogP contribution < -0.4 is 4.74 Å². The Labute approximate surface area is 157 Å². The molecule has 0 bridgehead atoms. The van der Waals surface area contributed by atoms with Gasteiger partial charge in [-0.25, -0.2) is 4.99 Å². The van der Waals surface area contributed by atoms with Crippen LogP contribution in [0.4, 0.5) is 5.69 Å². The standard InChI is InChI=1S/C23H19NO3/c1-15-7-9-16(10-8-15)21(24-17-11-13-18(26-2)14-12-17)23-22(25)19-5-3-4-6-20(19)27-23/h3-14,25H,1-2H3. The van der Waals surface area contributed by atoms with Crippen molar-refractivity contribution in [3.63, 3.8) is 0 Å². The van der Waals surface area contributed by atoms with Crippen molar-refractivity contribution in [3.05, 3.63) is 89.7 Å². The Morgan fingerprint density at radius 3 is 2.30 bits per heavy atom. The van der Waals surface area contributed by atoms with E-state index < -0.39 is 0 Å². The van der Waals surface area contributed by atoms with Crippen LogP contribution in [0.15, 0.2) is 82.2 Å². The van der Waals surface area contributed by atoms with E-state index in [-0.39, 0.29) is 5.75 Å². The van der Waals surface area contributed by atoms with E-state index >= 15 is 0 Å². The second-order valence-electron chi connectivity index (χ2n) is 6.30. The predicted octanol–water partition coefficient (Wildman–Crippen LogP) is 5.62. The molecule has 1 N–H and O–H groups in total. The molecule has 0 aliphatic carbocycles. The van der Waals surface area contributed by atoms with Crippen LogP contribution >= 0.6 is 0 Å². The van der Waals surface area contributed by atoms with E-state index in [4.69, 9.17) is 14.1 Å². The highest BCUT2D eigenvalue weighted by molar-refractivity contribution is 6.16. The molecule has 0 amide bonds. The summed E-state index contributed by atoms with van der Waals surface area (Å²) in [5, 5.41) is 11.4. The Morgan fingerprint density at radius 1 is 0.926 bits per heavy atom. The molecule has 4 nitrogen and oxygen atoms in total. The fraction of sp³-hybridized carbons (Fsp3) is 0.0870. The fourth-order valence-electron chi connectivity index (χ4n) is 2.94. The lowest BCUT2D eigenvalue weighted by atomic mass is 10.0. The number of aliphatic imine (C=N–C) groups is 1. The summed E-state index contributed by atoms with van der Waals surface area (Å²) in [7, 11) is 1.63. The van der Waals surface area contributed by atoms with Crippen LogP contribution in [0.3, 0.4) is 0 Å². The van der Waals surface area contributed by atoms with Gasteiger partial charge >= 0.3 is 0 Å². The Balaban J connectivity index is 1.90. The van der Waals surface area contributed by atoms with Crippen molar-refractivity contribution in [2.24, 2.45) is 4.99 Å². The Morgan fingerprint density at radius 2 is 1.63 bits per heavy atom. The first-order valence-electron chi connectivity index (χ1n) is 8.66. The highest BCUT2D eigenvalue weighted by atomic mass is 16.5. The first kappa shape index (κ1) is 16.9. The van der Waals surface area contributed by atoms with Gasteiger partial charge in [-0.1, -0.05) is 42.0 Å². The molecule has 134 valence electrons. The predicted molar refractivity (Wildman–Crippen MR) is 107 cm³/mol. The van der Waals surface area contributed by atoms with Crippen LogP contribution in [0.5, 0.6) is 11.5 Å². The molecule has 0 saturated carbocycles. The maximum absolute atomic E-state index is 10.7. The molecule has 4 heteroatoms. The van der Waals surface area contributed by atoms with Crippen LogP contribution in [-0.4, -0.2) is 17.9 Å². The second-order valence-corrected chi connectivity index (χ2v) is 6.30. The third kappa shape index (κ3) is 3.29. The van der Waals surface area contributed by atoms with Crippen molar-refractivity contribution < 1.29 is 14.3 Å². The number of fused-ring (bicyclic) bond motifs is 1.